The van der Waals surface area contributed by atoms with Crippen molar-refractivity contribution < 1.29 is 4.79 Å². The normalized spacial score (nSPS) is 40.5. The second kappa shape index (κ2) is 6.00. The molecule has 5 atom stereocenters. The van der Waals surface area contributed by atoms with Crippen LogP contribution in [0.25, 0.3) is 0 Å². The minimum atomic E-state index is -0.224. The molecule has 3 aliphatic rings. The number of nitrogens with zero attached hydrogens (tertiary/aromatic N) is 2. The van der Waals surface area contributed by atoms with E-state index in [0.717, 1.165) is 45.1 Å². The Morgan fingerprint density at radius 1 is 1.45 bits per heavy atom. The number of likely N-dealkylation sites (tertiary alicyclic amines) is 1. The largest absolute Gasteiger partial charge is 0.326 e. The summed E-state index contributed by atoms with van der Waals surface area (Å²) in [6.07, 6.45) is 7.87. The van der Waals surface area contributed by atoms with Crippen molar-refractivity contribution in [3.05, 3.63) is 0 Å². The van der Waals surface area contributed by atoms with Gasteiger partial charge in [0.15, 0.2) is 0 Å². The van der Waals surface area contributed by atoms with Crippen LogP contribution in [0.15, 0.2) is 0 Å². The van der Waals surface area contributed by atoms with Gasteiger partial charge in [0, 0.05) is 12.1 Å². The second-order valence-electron chi connectivity index (χ2n) is 7.62. The molecule has 0 aromatic carbocycles. The molecule has 0 aromatic rings. The first-order chi connectivity index (χ1) is 10.5. The lowest BCUT2D eigenvalue weighted by Gasteiger charge is -2.29. The Hall–Kier alpha value is -1.41. The van der Waals surface area contributed by atoms with Crippen LogP contribution in [-0.4, -0.2) is 41.7 Å². The van der Waals surface area contributed by atoms with E-state index in [-0.39, 0.29) is 17.5 Å². The third kappa shape index (κ3) is 2.89. The molecule has 3 rings (SSSR count). The van der Waals surface area contributed by atoms with E-state index < -0.39 is 0 Å². The predicted octanol–water partition coefficient (Wildman–Crippen LogP) is 1.94. The minimum Gasteiger partial charge on any atom is -0.326 e. The molecule has 3 fully saturated rings. The highest BCUT2D eigenvalue weighted by Gasteiger charge is 2.46. The van der Waals surface area contributed by atoms with Crippen LogP contribution < -0.4 is 5.32 Å². The molecule has 0 aromatic heterocycles. The Morgan fingerprint density at radius 2 is 2.14 bits per heavy atom. The van der Waals surface area contributed by atoms with Crippen LogP contribution in [0.2, 0.25) is 0 Å². The lowest BCUT2D eigenvalue weighted by Crippen LogP contribution is -2.48. The second-order valence-corrected chi connectivity index (χ2v) is 7.62. The highest BCUT2D eigenvalue weighted by atomic mass is 16.2. The minimum absolute atomic E-state index is 0.0415. The number of nitrogens with one attached hydrogen (secondary N) is 2. The molecule has 1 aliphatic heterocycles. The van der Waals surface area contributed by atoms with E-state index in [0.29, 0.717) is 24.3 Å². The molecular weight excluding hydrogens is 276 g/mol. The number of nitriles is 1. The van der Waals surface area contributed by atoms with Crippen molar-refractivity contribution in [1.82, 2.24) is 10.2 Å². The number of hydrogen-bond donors (Lipinski definition) is 2. The van der Waals surface area contributed by atoms with Gasteiger partial charge in [-0.25, -0.2) is 0 Å². The predicted molar refractivity (Wildman–Crippen MR) is 84.5 cm³/mol. The van der Waals surface area contributed by atoms with Crippen molar-refractivity contribution in [3.63, 3.8) is 0 Å². The summed E-state index contributed by atoms with van der Waals surface area (Å²) >= 11 is 0. The summed E-state index contributed by atoms with van der Waals surface area (Å²) in [5, 5.41) is 20.0. The average molecular weight is 302 g/mol. The van der Waals surface area contributed by atoms with Gasteiger partial charge in [0.05, 0.1) is 12.6 Å². The average Bonchev–Trinajstić information content (AvgIpc) is 3.17. The fraction of sp³-hybridized carbons (Fsp3) is 0.824. The Labute approximate surface area is 132 Å². The summed E-state index contributed by atoms with van der Waals surface area (Å²) in [6, 6.07) is 2.01. The van der Waals surface area contributed by atoms with Gasteiger partial charge < -0.3 is 15.6 Å². The zero-order chi connectivity index (χ0) is 15.7. The third-order valence-corrected chi connectivity index (χ3v) is 5.93. The molecule has 2 aliphatic carbocycles. The van der Waals surface area contributed by atoms with E-state index >= 15 is 0 Å². The summed E-state index contributed by atoms with van der Waals surface area (Å²) in [6.45, 7) is 3.30. The first kappa shape index (κ1) is 15.5. The molecule has 22 heavy (non-hydrogen) atoms. The maximum atomic E-state index is 12.3. The highest BCUT2D eigenvalue weighted by Crippen LogP contribution is 2.50. The lowest BCUT2D eigenvalue weighted by atomic mass is 9.93. The molecule has 5 heteroatoms. The van der Waals surface area contributed by atoms with Gasteiger partial charge >= 0.3 is 0 Å². The summed E-state index contributed by atoms with van der Waals surface area (Å²) in [4.78, 5) is 14.1. The first-order valence-electron chi connectivity index (χ1n) is 8.49. The molecule has 2 saturated carbocycles. The van der Waals surface area contributed by atoms with Gasteiger partial charge in [-0.15, -0.1) is 0 Å². The van der Waals surface area contributed by atoms with Gasteiger partial charge in [0.1, 0.15) is 6.04 Å². The van der Waals surface area contributed by atoms with Gasteiger partial charge in [0.2, 0.25) is 5.91 Å². The van der Waals surface area contributed by atoms with Crippen LogP contribution in [0.5, 0.6) is 0 Å². The molecule has 1 heterocycles. The van der Waals surface area contributed by atoms with Crippen LogP contribution in [-0.2, 0) is 4.79 Å². The Morgan fingerprint density at radius 3 is 2.73 bits per heavy atom. The highest BCUT2D eigenvalue weighted by molar-refractivity contribution is 5.79. The van der Waals surface area contributed by atoms with Crippen LogP contribution in [0.3, 0.4) is 0 Å². The van der Waals surface area contributed by atoms with Gasteiger partial charge in [-0.2, -0.15) is 5.26 Å². The molecule has 2 N–H and O–H groups in total. The van der Waals surface area contributed by atoms with Crippen molar-refractivity contribution >= 4 is 12.1 Å². The van der Waals surface area contributed by atoms with Crippen molar-refractivity contribution in [1.29, 1.82) is 10.7 Å². The van der Waals surface area contributed by atoms with E-state index in [1.165, 1.54) is 0 Å². The summed E-state index contributed by atoms with van der Waals surface area (Å²) in [5.41, 5.74) is 0.0415. The van der Waals surface area contributed by atoms with Crippen LogP contribution in [0, 0.1) is 34.5 Å². The quantitative estimate of drug-likeness (QED) is 0.779. The van der Waals surface area contributed by atoms with Crippen molar-refractivity contribution in [3.8, 4) is 6.07 Å². The van der Waals surface area contributed by atoms with E-state index in [4.69, 9.17) is 10.7 Å². The van der Waals surface area contributed by atoms with Crippen molar-refractivity contribution in [2.24, 2.45) is 17.8 Å². The standard InChI is InChI=1S/C17H26N4O/c1-17(7-13-5-12(9-18)6-14(13)8-17)20-11-16(22)21-4-2-3-15(21)10-19/h9,12-15,18,20H,2-8,11H2,1H3/t12?,13-,14+,15-,17?/m0/s1. The maximum Gasteiger partial charge on any atom is 0.237 e. The van der Waals surface area contributed by atoms with Crippen LogP contribution in [0.1, 0.15) is 45.4 Å². The summed E-state index contributed by atoms with van der Waals surface area (Å²) in [5.74, 6) is 1.96. The molecule has 0 spiro atoms. The van der Waals surface area contributed by atoms with Crippen molar-refractivity contribution in [2.45, 2.75) is 57.0 Å². The SMILES string of the molecule is CC1(NCC(=O)N2CCC[C@H]2C#N)C[C@H]2CC(C=N)C[C@H]2C1. The topological polar surface area (TPSA) is 80.0 Å². The molecule has 120 valence electrons. The number of hydrogen-bond acceptors (Lipinski definition) is 4. The third-order valence-electron chi connectivity index (χ3n) is 5.93. The molecule has 5 nitrogen and oxygen atoms in total. The van der Waals surface area contributed by atoms with E-state index in [1.807, 2.05) is 0 Å². The monoisotopic (exact) mass is 302 g/mol. The van der Waals surface area contributed by atoms with Gasteiger partial charge in [-0.05, 0) is 69.4 Å². The zero-order valence-electron chi connectivity index (χ0n) is 13.3. The fourth-order valence-corrected chi connectivity index (χ4v) is 4.87. The lowest BCUT2D eigenvalue weighted by molar-refractivity contribution is -0.130. The summed E-state index contributed by atoms with van der Waals surface area (Å²) in [7, 11) is 0. The molecule has 1 saturated heterocycles. The smallest absolute Gasteiger partial charge is 0.237 e. The van der Waals surface area contributed by atoms with Gasteiger partial charge in [0.25, 0.3) is 0 Å². The van der Waals surface area contributed by atoms with Gasteiger partial charge in [-0.1, -0.05) is 0 Å². The van der Waals surface area contributed by atoms with Gasteiger partial charge in [-0.3, -0.25) is 4.79 Å². The Bertz CT molecular complexity index is 483. The molecule has 0 radical (unpaired) electrons. The Kier molecular flexibility index (Phi) is 4.22. The van der Waals surface area contributed by atoms with Crippen LogP contribution >= 0.6 is 0 Å². The number of carbonyl (C=O) groups excluding carboxylic acids is 1. The first-order valence-corrected chi connectivity index (χ1v) is 8.49. The summed E-state index contributed by atoms with van der Waals surface area (Å²) < 4.78 is 0. The van der Waals surface area contributed by atoms with E-state index in [9.17, 15) is 4.79 Å². The maximum absolute atomic E-state index is 12.3. The number of carbonyl (C=O) groups is 1. The number of fused-ring (bicyclic) bond motifs is 1. The molecule has 0 bridgehead atoms. The molecule has 2 unspecified atom stereocenters. The number of rotatable bonds is 4. The fourth-order valence-electron chi connectivity index (χ4n) is 4.87. The Balaban J connectivity index is 1.51. The van der Waals surface area contributed by atoms with Crippen LogP contribution in [0.4, 0.5) is 0 Å². The molecule has 1 amide bonds. The molecular formula is C17H26N4O. The number of amides is 1. The van der Waals surface area contributed by atoms with Crippen molar-refractivity contribution in [2.75, 3.05) is 13.1 Å². The zero-order valence-corrected chi connectivity index (χ0v) is 13.3. The van der Waals surface area contributed by atoms with E-state index in [1.54, 1.807) is 11.1 Å². The van der Waals surface area contributed by atoms with E-state index in [2.05, 4.69) is 18.3 Å².